The number of ether oxygens (including phenoxy) is 1. The molecular weight excluding hydrogens is 334 g/mol. The fourth-order valence-corrected chi connectivity index (χ4v) is 3.20. The van der Waals surface area contributed by atoms with Crippen LogP contribution in [0, 0.1) is 5.92 Å². The molecular formula is C12H14BrNO4S. The Morgan fingerprint density at radius 1 is 1.58 bits per heavy atom. The number of amides is 1. The molecule has 0 spiro atoms. The molecule has 1 aromatic rings. The van der Waals surface area contributed by atoms with Crippen LogP contribution in [-0.2, 0) is 9.53 Å². The molecule has 1 aromatic heterocycles. The van der Waals surface area contributed by atoms with E-state index in [1.807, 2.05) is 0 Å². The maximum atomic E-state index is 12.0. The molecule has 2 unspecified atom stereocenters. The molecule has 2 N–H and O–H groups in total. The number of thiophene rings is 1. The van der Waals surface area contributed by atoms with E-state index in [0.717, 1.165) is 16.6 Å². The third kappa shape index (κ3) is 3.77. The van der Waals surface area contributed by atoms with Crippen molar-refractivity contribution >= 4 is 39.1 Å². The molecule has 0 aliphatic carbocycles. The highest BCUT2D eigenvalue weighted by atomic mass is 79.9. The second-order valence-electron chi connectivity index (χ2n) is 4.41. The maximum absolute atomic E-state index is 12.0. The van der Waals surface area contributed by atoms with Crippen molar-refractivity contribution in [2.75, 3.05) is 13.2 Å². The normalized spacial score (nSPS) is 20.8. The van der Waals surface area contributed by atoms with Crippen LogP contribution in [-0.4, -0.2) is 36.2 Å². The molecule has 1 fully saturated rings. The fourth-order valence-electron chi connectivity index (χ4n) is 2.06. The lowest BCUT2D eigenvalue weighted by Gasteiger charge is -2.27. The van der Waals surface area contributed by atoms with Crippen molar-refractivity contribution in [3.05, 3.63) is 20.8 Å². The summed E-state index contributed by atoms with van der Waals surface area (Å²) >= 11 is 4.66. The van der Waals surface area contributed by atoms with Crippen LogP contribution in [0.1, 0.15) is 23.2 Å². The van der Waals surface area contributed by atoms with Gasteiger partial charge in [-0.3, -0.25) is 4.79 Å². The minimum Gasteiger partial charge on any atom is -0.480 e. The average Bonchev–Trinajstić information content (AvgIpc) is 2.83. The molecule has 0 saturated carbocycles. The summed E-state index contributed by atoms with van der Waals surface area (Å²) in [7, 11) is 0. The van der Waals surface area contributed by atoms with Gasteiger partial charge in [0.1, 0.15) is 6.04 Å². The maximum Gasteiger partial charge on any atom is 0.326 e. The van der Waals surface area contributed by atoms with Gasteiger partial charge in [-0.1, -0.05) is 0 Å². The number of halogens is 1. The van der Waals surface area contributed by atoms with E-state index in [2.05, 4.69) is 21.2 Å². The molecule has 19 heavy (non-hydrogen) atoms. The Kier molecular flexibility index (Phi) is 4.95. The smallest absolute Gasteiger partial charge is 0.326 e. The second kappa shape index (κ2) is 6.49. The summed E-state index contributed by atoms with van der Waals surface area (Å²) in [4.78, 5) is 23.3. The number of carbonyl (C=O) groups excluding carboxylic acids is 1. The molecule has 0 radical (unpaired) electrons. The molecule has 1 aliphatic rings. The van der Waals surface area contributed by atoms with Crippen molar-refractivity contribution in [2.24, 2.45) is 5.92 Å². The first-order chi connectivity index (χ1) is 9.08. The number of rotatable bonds is 4. The number of carboxylic acids is 1. The van der Waals surface area contributed by atoms with Gasteiger partial charge in [0, 0.05) is 17.9 Å². The van der Waals surface area contributed by atoms with Crippen molar-refractivity contribution in [3.8, 4) is 0 Å². The van der Waals surface area contributed by atoms with Crippen LogP contribution in [0.3, 0.4) is 0 Å². The van der Waals surface area contributed by atoms with Gasteiger partial charge in [0.05, 0.1) is 16.0 Å². The monoisotopic (exact) mass is 347 g/mol. The summed E-state index contributed by atoms with van der Waals surface area (Å²) in [6.45, 7) is 1.04. The van der Waals surface area contributed by atoms with Crippen LogP contribution in [0.5, 0.6) is 0 Å². The zero-order chi connectivity index (χ0) is 13.8. The summed E-state index contributed by atoms with van der Waals surface area (Å²) in [5.74, 6) is -1.55. The summed E-state index contributed by atoms with van der Waals surface area (Å²) < 4.78 is 6.12. The zero-order valence-corrected chi connectivity index (χ0v) is 12.5. The Hall–Kier alpha value is -0.920. The molecule has 1 aliphatic heterocycles. The standard InChI is InChI=1S/C12H14BrNO4S/c13-9-4-8(6-19-9)11(15)14-10(12(16)17)7-2-1-3-18-5-7/h4,6-7,10H,1-3,5H2,(H,14,15)(H,16,17). The molecule has 2 heterocycles. The van der Waals surface area contributed by atoms with Gasteiger partial charge in [0.15, 0.2) is 0 Å². The minimum absolute atomic E-state index is 0.169. The lowest BCUT2D eigenvalue weighted by molar-refractivity contribution is -0.142. The molecule has 7 heteroatoms. The summed E-state index contributed by atoms with van der Waals surface area (Å²) in [5.41, 5.74) is 0.472. The van der Waals surface area contributed by atoms with Crippen LogP contribution >= 0.6 is 27.3 Å². The lowest BCUT2D eigenvalue weighted by atomic mass is 9.93. The van der Waals surface area contributed by atoms with Crippen LogP contribution < -0.4 is 5.32 Å². The first-order valence-corrected chi connectivity index (χ1v) is 7.60. The van der Waals surface area contributed by atoms with Crippen LogP contribution in [0.25, 0.3) is 0 Å². The highest BCUT2D eigenvalue weighted by Crippen LogP contribution is 2.22. The van der Waals surface area contributed by atoms with E-state index in [9.17, 15) is 14.7 Å². The van der Waals surface area contributed by atoms with Crippen molar-refractivity contribution in [1.82, 2.24) is 5.32 Å². The van der Waals surface area contributed by atoms with Gasteiger partial charge in [0.2, 0.25) is 0 Å². The number of carboxylic acid groups (broad SMARTS) is 1. The molecule has 1 amide bonds. The molecule has 1 saturated heterocycles. The molecule has 0 bridgehead atoms. The zero-order valence-electron chi connectivity index (χ0n) is 10.1. The van der Waals surface area contributed by atoms with Crippen molar-refractivity contribution in [2.45, 2.75) is 18.9 Å². The second-order valence-corrected chi connectivity index (χ2v) is 6.70. The van der Waals surface area contributed by atoms with E-state index in [1.54, 1.807) is 11.4 Å². The van der Waals surface area contributed by atoms with Crippen molar-refractivity contribution < 1.29 is 19.4 Å². The number of hydrogen-bond acceptors (Lipinski definition) is 4. The third-order valence-corrected chi connectivity index (χ3v) is 4.55. The van der Waals surface area contributed by atoms with Crippen molar-refractivity contribution in [3.63, 3.8) is 0 Å². The number of aliphatic carboxylic acids is 1. The third-order valence-electron chi connectivity index (χ3n) is 3.05. The van der Waals surface area contributed by atoms with Gasteiger partial charge >= 0.3 is 5.97 Å². The molecule has 2 atom stereocenters. The fraction of sp³-hybridized carbons (Fsp3) is 0.500. The van der Waals surface area contributed by atoms with Crippen molar-refractivity contribution in [1.29, 1.82) is 0 Å². The number of nitrogens with one attached hydrogen (secondary N) is 1. The van der Waals surface area contributed by atoms with Gasteiger partial charge < -0.3 is 15.2 Å². The summed E-state index contributed by atoms with van der Waals surface area (Å²) in [6.07, 6.45) is 1.58. The number of hydrogen-bond donors (Lipinski definition) is 2. The van der Waals surface area contributed by atoms with Gasteiger partial charge in [0.25, 0.3) is 5.91 Å². The van der Waals surface area contributed by atoms with Crippen LogP contribution in [0.2, 0.25) is 0 Å². The SMILES string of the molecule is O=C(NC(C(=O)O)C1CCCOC1)c1csc(Br)c1. The van der Waals surface area contributed by atoms with E-state index in [1.165, 1.54) is 11.3 Å². The van der Waals surface area contributed by atoms with E-state index < -0.39 is 12.0 Å². The van der Waals surface area contributed by atoms with E-state index in [4.69, 9.17) is 4.74 Å². The predicted octanol–water partition coefficient (Wildman–Crippen LogP) is 2.12. The summed E-state index contributed by atoms with van der Waals surface area (Å²) in [6, 6.07) is 0.780. The van der Waals surface area contributed by atoms with Gasteiger partial charge in [-0.25, -0.2) is 4.79 Å². The Bertz CT molecular complexity index is 470. The highest BCUT2D eigenvalue weighted by Gasteiger charge is 2.31. The van der Waals surface area contributed by atoms with Gasteiger partial charge in [-0.2, -0.15) is 0 Å². The molecule has 104 valence electrons. The van der Waals surface area contributed by atoms with E-state index >= 15 is 0 Å². The number of carbonyl (C=O) groups is 2. The molecule has 5 nitrogen and oxygen atoms in total. The Morgan fingerprint density at radius 2 is 2.37 bits per heavy atom. The van der Waals surface area contributed by atoms with E-state index in [-0.39, 0.29) is 11.8 Å². The summed E-state index contributed by atoms with van der Waals surface area (Å²) in [5, 5.41) is 13.5. The van der Waals surface area contributed by atoms with Gasteiger partial charge in [-0.15, -0.1) is 11.3 Å². The quantitative estimate of drug-likeness (QED) is 0.874. The molecule has 2 rings (SSSR count). The van der Waals surface area contributed by atoms with Crippen LogP contribution in [0.15, 0.2) is 15.2 Å². The Labute approximate surface area is 123 Å². The minimum atomic E-state index is -1.02. The van der Waals surface area contributed by atoms with E-state index in [0.29, 0.717) is 18.8 Å². The van der Waals surface area contributed by atoms with Crippen LogP contribution in [0.4, 0.5) is 0 Å². The lowest BCUT2D eigenvalue weighted by Crippen LogP contribution is -2.48. The Morgan fingerprint density at radius 3 is 2.89 bits per heavy atom. The Balaban J connectivity index is 2.04. The first-order valence-electron chi connectivity index (χ1n) is 5.93. The molecule has 0 aromatic carbocycles. The topological polar surface area (TPSA) is 75.6 Å². The average molecular weight is 348 g/mol. The predicted molar refractivity (Wildman–Crippen MR) is 74.5 cm³/mol. The van der Waals surface area contributed by atoms with Gasteiger partial charge in [-0.05, 0) is 34.8 Å². The highest BCUT2D eigenvalue weighted by molar-refractivity contribution is 9.11. The first kappa shape index (κ1) is 14.5. The largest absolute Gasteiger partial charge is 0.480 e.